The van der Waals surface area contributed by atoms with E-state index in [1.807, 2.05) is 17.0 Å². The van der Waals surface area contributed by atoms with Crippen LogP contribution >= 0.6 is 15.9 Å². The minimum absolute atomic E-state index is 0.0110. The van der Waals surface area contributed by atoms with Crippen molar-refractivity contribution in [2.75, 3.05) is 18.4 Å². The van der Waals surface area contributed by atoms with Crippen LogP contribution in [0, 0.1) is 11.8 Å². The molecule has 0 aliphatic carbocycles. The number of rotatable bonds is 7. The second-order valence-corrected chi connectivity index (χ2v) is 8.76. The lowest BCUT2D eigenvalue weighted by Gasteiger charge is -2.32. The number of hydrogen-bond donors (Lipinski definition) is 1. The van der Waals surface area contributed by atoms with E-state index in [-0.39, 0.29) is 17.7 Å². The van der Waals surface area contributed by atoms with Gasteiger partial charge < -0.3 is 10.2 Å². The van der Waals surface area contributed by atoms with Crippen LogP contribution < -0.4 is 5.32 Å². The van der Waals surface area contributed by atoms with E-state index in [2.05, 4.69) is 57.4 Å². The zero-order chi connectivity index (χ0) is 20.6. The third kappa shape index (κ3) is 6.67. The monoisotopic (exact) mass is 457 g/mol. The van der Waals surface area contributed by atoms with Gasteiger partial charge in [0, 0.05) is 36.1 Å². The highest BCUT2D eigenvalue weighted by Gasteiger charge is 2.28. The van der Waals surface area contributed by atoms with Crippen LogP contribution in [0.15, 0.2) is 53.1 Å². The highest BCUT2D eigenvalue weighted by atomic mass is 79.9. The second-order valence-electron chi connectivity index (χ2n) is 7.84. The largest absolute Gasteiger partial charge is 0.343 e. The summed E-state index contributed by atoms with van der Waals surface area (Å²) >= 11 is 3.33. The van der Waals surface area contributed by atoms with E-state index in [9.17, 15) is 9.59 Å². The fraction of sp³-hybridized carbons (Fsp3) is 0.435. The normalized spacial score (nSPS) is 15.7. The first-order valence-corrected chi connectivity index (χ1v) is 11.0. The average molecular weight is 458 g/mol. The van der Waals surface area contributed by atoms with E-state index >= 15 is 0 Å². The number of aryl methyl sites for hydroxylation is 1. The average Bonchev–Trinajstić information content (AvgIpc) is 2.74. The highest BCUT2D eigenvalue weighted by Crippen LogP contribution is 2.22. The van der Waals surface area contributed by atoms with E-state index in [0.29, 0.717) is 44.1 Å². The number of aromatic nitrogens is 1. The summed E-state index contributed by atoms with van der Waals surface area (Å²) in [7, 11) is 0. The molecule has 0 bridgehead atoms. The Morgan fingerprint density at radius 1 is 1.17 bits per heavy atom. The van der Waals surface area contributed by atoms with Gasteiger partial charge in [0.25, 0.3) is 0 Å². The molecule has 1 aromatic carbocycles. The van der Waals surface area contributed by atoms with Crippen LogP contribution in [-0.2, 0) is 16.0 Å². The number of amides is 2. The summed E-state index contributed by atoms with van der Waals surface area (Å²) in [6.07, 6.45) is 5.65. The van der Waals surface area contributed by atoms with Gasteiger partial charge in [-0.05, 0) is 65.2 Å². The lowest BCUT2D eigenvalue weighted by molar-refractivity contribution is -0.135. The van der Waals surface area contributed by atoms with E-state index < -0.39 is 0 Å². The van der Waals surface area contributed by atoms with Crippen molar-refractivity contribution in [3.63, 3.8) is 0 Å². The number of hydrogen-bond acceptors (Lipinski definition) is 3. The Kier molecular flexibility index (Phi) is 7.81. The zero-order valence-electron chi connectivity index (χ0n) is 16.8. The molecule has 0 saturated carbocycles. The second kappa shape index (κ2) is 10.5. The van der Waals surface area contributed by atoms with Gasteiger partial charge in [0.1, 0.15) is 5.82 Å². The molecule has 154 valence electrons. The summed E-state index contributed by atoms with van der Waals surface area (Å²) < 4.78 is 0.875. The van der Waals surface area contributed by atoms with Gasteiger partial charge in [0.15, 0.2) is 0 Å². The van der Waals surface area contributed by atoms with Crippen molar-refractivity contribution in [2.24, 2.45) is 11.8 Å². The number of likely N-dealkylation sites (tertiary alicyclic amines) is 1. The van der Waals surface area contributed by atoms with Crippen molar-refractivity contribution in [1.29, 1.82) is 0 Å². The van der Waals surface area contributed by atoms with Crippen molar-refractivity contribution in [3.05, 3.63) is 58.7 Å². The number of carbonyl (C=O) groups is 2. The smallest absolute Gasteiger partial charge is 0.228 e. The van der Waals surface area contributed by atoms with Gasteiger partial charge in [-0.1, -0.05) is 37.3 Å². The first kappa shape index (κ1) is 21.5. The molecular formula is C23H28BrN3O2. The summed E-state index contributed by atoms with van der Waals surface area (Å²) in [6.45, 7) is 3.44. The Balaban J connectivity index is 1.39. The van der Waals surface area contributed by atoms with E-state index in [1.165, 1.54) is 5.56 Å². The number of halogens is 1. The molecule has 5 nitrogen and oxygen atoms in total. The van der Waals surface area contributed by atoms with Gasteiger partial charge in [-0.25, -0.2) is 4.98 Å². The van der Waals surface area contributed by atoms with Gasteiger partial charge in [0.05, 0.1) is 0 Å². The molecule has 1 saturated heterocycles. The van der Waals surface area contributed by atoms with Gasteiger partial charge >= 0.3 is 0 Å². The maximum atomic E-state index is 12.6. The quantitative estimate of drug-likeness (QED) is 0.656. The van der Waals surface area contributed by atoms with Crippen LogP contribution in [0.2, 0.25) is 0 Å². The Bertz CT molecular complexity index is 803. The van der Waals surface area contributed by atoms with Crippen LogP contribution in [-0.4, -0.2) is 34.8 Å². The fourth-order valence-electron chi connectivity index (χ4n) is 3.66. The van der Waals surface area contributed by atoms with Crippen LogP contribution in [0.3, 0.4) is 0 Å². The molecule has 1 aliphatic heterocycles. The molecule has 2 amide bonds. The van der Waals surface area contributed by atoms with Crippen LogP contribution in [0.5, 0.6) is 0 Å². The molecule has 29 heavy (non-hydrogen) atoms. The summed E-state index contributed by atoms with van der Waals surface area (Å²) in [5.74, 6) is 1.04. The molecule has 1 aromatic heterocycles. The molecule has 1 fully saturated rings. The van der Waals surface area contributed by atoms with Gasteiger partial charge in [0.2, 0.25) is 11.8 Å². The predicted molar refractivity (Wildman–Crippen MR) is 118 cm³/mol. The van der Waals surface area contributed by atoms with Gasteiger partial charge in [-0.3, -0.25) is 9.59 Å². The lowest BCUT2D eigenvalue weighted by Crippen LogP contribution is -2.42. The first-order valence-electron chi connectivity index (χ1n) is 10.3. The fourth-order valence-corrected chi connectivity index (χ4v) is 3.89. The van der Waals surface area contributed by atoms with E-state index in [4.69, 9.17) is 0 Å². The molecular weight excluding hydrogens is 430 g/mol. The molecule has 2 heterocycles. The Labute approximate surface area is 181 Å². The SMILES string of the molecule is CC(CCc1ccccc1)CC(=O)N1CCC(C(=O)Nc2ccc(Br)cn2)CC1. The molecule has 1 aliphatic rings. The van der Waals surface area contributed by atoms with Crippen LogP contribution in [0.4, 0.5) is 5.82 Å². The lowest BCUT2D eigenvalue weighted by atomic mass is 9.94. The minimum Gasteiger partial charge on any atom is -0.343 e. The molecule has 1 atom stereocenters. The summed E-state index contributed by atoms with van der Waals surface area (Å²) in [5, 5.41) is 2.87. The standard InChI is InChI=1S/C23H28BrN3O2/c1-17(7-8-18-5-3-2-4-6-18)15-22(28)27-13-11-19(12-14-27)23(29)26-21-10-9-20(24)16-25-21/h2-6,9-10,16-17,19H,7-8,11-15H2,1H3,(H,25,26,29). The van der Waals surface area contributed by atoms with Crippen molar-refractivity contribution < 1.29 is 9.59 Å². The maximum Gasteiger partial charge on any atom is 0.228 e. The summed E-state index contributed by atoms with van der Waals surface area (Å²) in [4.78, 5) is 31.2. The van der Waals surface area contributed by atoms with Crippen molar-refractivity contribution in [3.8, 4) is 0 Å². The van der Waals surface area contributed by atoms with Crippen LogP contribution in [0.1, 0.15) is 38.2 Å². The number of benzene rings is 1. The molecule has 1 N–H and O–H groups in total. The van der Waals surface area contributed by atoms with Gasteiger partial charge in [-0.2, -0.15) is 0 Å². The minimum atomic E-state index is -0.0694. The number of pyridine rings is 1. The van der Waals surface area contributed by atoms with Crippen LogP contribution in [0.25, 0.3) is 0 Å². The van der Waals surface area contributed by atoms with E-state index in [1.54, 1.807) is 12.3 Å². The topological polar surface area (TPSA) is 62.3 Å². The predicted octanol–water partition coefficient (Wildman–Crippen LogP) is 4.68. The number of nitrogens with zero attached hydrogens (tertiary/aromatic N) is 2. The molecule has 2 aromatic rings. The zero-order valence-corrected chi connectivity index (χ0v) is 18.4. The summed E-state index contributed by atoms with van der Waals surface area (Å²) in [5.41, 5.74) is 1.32. The third-order valence-electron chi connectivity index (χ3n) is 5.49. The van der Waals surface area contributed by atoms with Crippen molar-refractivity contribution in [2.45, 2.75) is 39.0 Å². The molecule has 6 heteroatoms. The Hall–Kier alpha value is -2.21. The van der Waals surface area contributed by atoms with Crippen molar-refractivity contribution >= 4 is 33.6 Å². The van der Waals surface area contributed by atoms with Gasteiger partial charge in [-0.15, -0.1) is 0 Å². The molecule has 3 rings (SSSR count). The molecule has 0 radical (unpaired) electrons. The number of carbonyl (C=O) groups excluding carboxylic acids is 2. The third-order valence-corrected chi connectivity index (χ3v) is 5.96. The Morgan fingerprint density at radius 2 is 1.90 bits per heavy atom. The first-order chi connectivity index (χ1) is 14.0. The number of anilines is 1. The maximum absolute atomic E-state index is 12.6. The number of nitrogens with one attached hydrogen (secondary N) is 1. The molecule has 0 spiro atoms. The van der Waals surface area contributed by atoms with E-state index in [0.717, 1.165) is 17.3 Å². The Morgan fingerprint density at radius 3 is 2.55 bits per heavy atom. The summed E-state index contributed by atoms with van der Waals surface area (Å²) in [6, 6.07) is 14.0. The molecule has 1 unspecified atom stereocenters. The highest BCUT2D eigenvalue weighted by molar-refractivity contribution is 9.10. The van der Waals surface area contributed by atoms with Crippen molar-refractivity contribution in [1.82, 2.24) is 9.88 Å². The number of piperidine rings is 1.